The van der Waals surface area contributed by atoms with Crippen LogP contribution in [0, 0.1) is 6.92 Å². The fraction of sp³-hybridized carbons (Fsp3) is 0.250. The number of aryl methyl sites for hydroxylation is 1. The number of nitrogens with zero attached hydrogens (tertiary/aromatic N) is 1. The summed E-state index contributed by atoms with van der Waals surface area (Å²) in [5.74, 6) is 0. The SMILES string of the molecule is Cc1ccc(N(C)c2ccc([C@H](C)O)cc2Br)cc1. The van der Waals surface area contributed by atoms with Gasteiger partial charge in [0.2, 0.25) is 0 Å². The van der Waals surface area contributed by atoms with Crippen LogP contribution in [0.4, 0.5) is 11.4 Å². The van der Waals surface area contributed by atoms with Crippen LogP contribution in [0.15, 0.2) is 46.9 Å². The molecule has 3 heteroatoms. The Kier molecular flexibility index (Phi) is 4.27. The standard InChI is InChI=1S/C16H18BrNO/c1-11-4-7-14(8-5-11)18(3)16-9-6-13(12(2)19)10-15(16)17/h4-10,12,19H,1-3H3/t12-/m0/s1. The molecule has 1 N–H and O–H groups in total. The normalized spacial score (nSPS) is 12.3. The van der Waals surface area contributed by atoms with Crippen LogP contribution in [0.25, 0.3) is 0 Å². The Bertz CT molecular complexity index is 563. The molecule has 0 aliphatic carbocycles. The summed E-state index contributed by atoms with van der Waals surface area (Å²) in [6, 6.07) is 14.3. The Balaban J connectivity index is 2.33. The number of hydrogen-bond acceptors (Lipinski definition) is 2. The van der Waals surface area contributed by atoms with Gasteiger partial charge in [-0.15, -0.1) is 0 Å². The zero-order valence-corrected chi connectivity index (χ0v) is 13.0. The summed E-state index contributed by atoms with van der Waals surface area (Å²) in [7, 11) is 2.03. The van der Waals surface area contributed by atoms with Crippen molar-refractivity contribution in [3.63, 3.8) is 0 Å². The predicted molar refractivity (Wildman–Crippen MR) is 84.0 cm³/mol. The average molecular weight is 320 g/mol. The maximum Gasteiger partial charge on any atom is 0.0762 e. The molecule has 1 atom stereocenters. The first-order chi connectivity index (χ1) is 8.99. The maximum atomic E-state index is 9.59. The molecule has 100 valence electrons. The highest BCUT2D eigenvalue weighted by Crippen LogP contribution is 2.32. The minimum absolute atomic E-state index is 0.449. The number of halogens is 1. The zero-order valence-electron chi connectivity index (χ0n) is 11.4. The molecule has 0 amide bonds. The number of aliphatic hydroxyl groups excluding tert-OH is 1. The van der Waals surface area contributed by atoms with Crippen molar-refractivity contribution in [3.05, 3.63) is 58.1 Å². The van der Waals surface area contributed by atoms with Crippen LogP contribution in [0.2, 0.25) is 0 Å². The van der Waals surface area contributed by atoms with Crippen molar-refractivity contribution in [2.45, 2.75) is 20.0 Å². The number of benzene rings is 2. The summed E-state index contributed by atoms with van der Waals surface area (Å²) >= 11 is 3.58. The average Bonchev–Trinajstić information content (AvgIpc) is 2.38. The van der Waals surface area contributed by atoms with Crippen LogP contribution < -0.4 is 4.90 Å². The Morgan fingerprint density at radius 2 is 1.74 bits per heavy atom. The molecule has 0 aromatic heterocycles. The van der Waals surface area contributed by atoms with Crippen LogP contribution in [-0.2, 0) is 0 Å². The minimum atomic E-state index is -0.449. The Labute approximate surface area is 122 Å². The molecule has 2 nitrogen and oxygen atoms in total. The largest absolute Gasteiger partial charge is 0.389 e. The molecule has 0 aliphatic heterocycles. The van der Waals surface area contributed by atoms with Crippen LogP contribution >= 0.6 is 15.9 Å². The van der Waals surface area contributed by atoms with Gasteiger partial charge in [0.1, 0.15) is 0 Å². The van der Waals surface area contributed by atoms with Crippen molar-refractivity contribution in [1.29, 1.82) is 0 Å². The number of anilines is 2. The van der Waals surface area contributed by atoms with Crippen molar-refractivity contribution in [2.75, 3.05) is 11.9 Å². The third-order valence-electron chi connectivity index (χ3n) is 3.24. The van der Waals surface area contributed by atoms with Gasteiger partial charge in [0.05, 0.1) is 11.8 Å². The van der Waals surface area contributed by atoms with Crippen molar-refractivity contribution in [2.24, 2.45) is 0 Å². The van der Waals surface area contributed by atoms with Gasteiger partial charge < -0.3 is 10.0 Å². The molecule has 0 unspecified atom stereocenters. The monoisotopic (exact) mass is 319 g/mol. The van der Waals surface area contributed by atoms with Gasteiger partial charge in [0, 0.05) is 17.2 Å². The Hall–Kier alpha value is -1.32. The first-order valence-corrected chi connectivity index (χ1v) is 7.06. The predicted octanol–water partition coefficient (Wildman–Crippen LogP) is 4.58. The van der Waals surface area contributed by atoms with Gasteiger partial charge in [-0.2, -0.15) is 0 Å². The van der Waals surface area contributed by atoms with E-state index in [1.807, 2.05) is 25.2 Å². The van der Waals surface area contributed by atoms with Gasteiger partial charge in [-0.1, -0.05) is 23.8 Å². The summed E-state index contributed by atoms with van der Waals surface area (Å²) in [5.41, 5.74) is 4.37. The smallest absolute Gasteiger partial charge is 0.0762 e. The lowest BCUT2D eigenvalue weighted by Crippen LogP contribution is -2.10. The molecular formula is C16H18BrNO. The molecule has 0 bridgehead atoms. The second kappa shape index (κ2) is 5.76. The molecule has 0 spiro atoms. The Morgan fingerprint density at radius 3 is 2.26 bits per heavy atom. The summed E-state index contributed by atoms with van der Waals surface area (Å²) in [5, 5.41) is 9.59. The summed E-state index contributed by atoms with van der Waals surface area (Å²) in [4.78, 5) is 2.12. The van der Waals surface area contributed by atoms with E-state index in [4.69, 9.17) is 0 Å². The van der Waals surface area contributed by atoms with E-state index < -0.39 is 6.10 Å². The van der Waals surface area contributed by atoms with Gasteiger partial charge in [-0.25, -0.2) is 0 Å². The maximum absolute atomic E-state index is 9.59. The fourth-order valence-corrected chi connectivity index (χ4v) is 2.62. The minimum Gasteiger partial charge on any atom is -0.389 e. The lowest BCUT2D eigenvalue weighted by molar-refractivity contribution is 0.199. The highest BCUT2D eigenvalue weighted by atomic mass is 79.9. The number of aliphatic hydroxyl groups is 1. The molecule has 2 aromatic carbocycles. The molecule has 0 saturated carbocycles. The highest BCUT2D eigenvalue weighted by molar-refractivity contribution is 9.10. The fourth-order valence-electron chi connectivity index (χ4n) is 1.96. The van der Waals surface area contributed by atoms with E-state index in [1.165, 1.54) is 5.56 Å². The quantitative estimate of drug-likeness (QED) is 0.895. The molecule has 19 heavy (non-hydrogen) atoms. The van der Waals surface area contributed by atoms with E-state index in [2.05, 4.69) is 52.0 Å². The van der Waals surface area contributed by atoms with Crippen LogP contribution in [0.1, 0.15) is 24.2 Å². The second-order valence-electron chi connectivity index (χ2n) is 4.78. The van der Waals surface area contributed by atoms with Gasteiger partial charge in [0.15, 0.2) is 0 Å². The third kappa shape index (κ3) is 3.17. The van der Waals surface area contributed by atoms with Crippen LogP contribution in [-0.4, -0.2) is 12.2 Å². The second-order valence-corrected chi connectivity index (χ2v) is 5.64. The summed E-state index contributed by atoms with van der Waals surface area (Å²) in [6.07, 6.45) is -0.449. The molecule has 0 heterocycles. The molecule has 0 aliphatic rings. The summed E-state index contributed by atoms with van der Waals surface area (Å²) < 4.78 is 0.981. The van der Waals surface area contributed by atoms with E-state index in [0.29, 0.717) is 0 Å². The zero-order chi connectivity index (χ0) is 14.0. The van der Waals surface area contributed by atoms with Crippen molar-refractivity contribution < 1.29 is 5.11 Å². The van der Waals surface area contributed by atoms with Gasteiger partial charge in [-0.05, 0) is 59.6 Å². The van der Waals surface area contributed by atoms with E-state index >= 15 is 0 Å². The topological polar surface area (TPSA) is 23.5 Å². The van der Waals surface area contributed by atoms with E-state index in [1.54, 1.807) is 6.92 Å². The molecular weight excluding hydrogens is 302 g/mol. The number of rotatable bonds is 3. The van der Waals surface area contributed by atoms with Gasteiger partial charge >= 0.3 is 0 Å². The van der Waals surface area contributed by atoms with Gasteiger partial charge in [0.25, 0.3) is 0 Å². The molecule has 0 saturated heterocycles. The summed E-state index contributed by atoms with van der Waals surface area (Å²) in [6.45, 7) is 3.85. The van der Waals surface area contributed by atoms with E-state index in [9.17, 15) is 5.11 Å². The van der Waals surface area contributed by atoms with Gasteiger partial charge in [-0.3, -0.25) is 0 Å². The third-order valence-corrected chi connectivity index (χ3v) is 3.87. The van der Waals surface area contributed by atoms with Crippen LogP contribution in [0.5, 0.6) is 0 Å². The molecule has 2 rings (SSSR count). The van der Waals surface area contributed by atoms with E-state index in [-0.39, 0.29) is 0 Å². The first kappa shape index (κ1) is 14.1. The number of hydrogen-bond donors (Lipinski definition) is 1. The van der Waals surface area contributed by atoms with Crippen molar-refractivity contribution in [1.82, 2.24) is 0 Å². The first-order valence-electron chi connectivity index (χ1n) is 6.27. The van der Waals surface area contributed by atoms with Crippen LogP contribution in [0.3, 0.4) is 0 Å². The lowest BCUT2D eigenvalue weighted by atomic mass is 10.1. The lowest BCUT2D eigenvalue weighted by Gasteiger charge is -2.22. The van der Waals surface area contributed by atoms with Crippen molar-refractivity contribution >= 4 is 27.3 Å². The molecule has 2 aromatic rings. The van der Waals surface area contributed by atoms with E-state index in [0.717, 1.165) is 21.4 Å². The Morgan fingerprint density at radius 1 is 1.11 bits per heavy atom. The molecule has 0 fully saturated rings. The highest BCUT2D eigenvalue weighted by Gasteiger charge is 2.10. The van der Waals surface area contributed by atoms with Crippen molar-refractivity contribution in [3.8, 4) is 0 Å². The molecule has 0 radical (unpaired) electrons.